The topological polar surface area (TPSA) is 232 Å². The van der Waals surface area contributed by atoms with Gasteiger partial charge in [-0.05, 0) is 57.0 Å². The molecule has 0 aromatic heterocycles. The van der Waals surface area contributed by atoms with Crippen LogP contribution in [-0.2, 0) is 23.6 Å². The van der Waals surface area contributed by atoms with Gasteiger partial charge < -0.3 is 30.6 Å². The molecule has 0 N–H and O–H groups in total. The summed E-state index contributed by atoms with van der Waals surface area (Å²) in [6.45, 7) is -6.03. The maximum Gasteiger partial charge on any atom is 2.00 e. The van der Waals surface area contributed by atoms with Crippen molar-refractivity contribution in [2.24, 2.45) is 30.6 Å². The third kappa shape index (κ3) is 35.9. The fraction of sp³-hybridized carbons (Fsp3) is 0.192. The Kier molecular flexibility index (Phi) is 50.8. The number of hydrogen-bond donors (Lipinski definition) is 0. The molecule has 6 aromatic rings. The number of hydrazone groups is 6. The van der Waals surface area contributed by atoms with Gasteiger partial charge in [-0.25, -0.2) is 28.7 Å². The Bertz CT molecular complexity index is 2730. The van der Waals surface area contributed by atoms with Gasteiger partial charge in [0, 0.05) is 42.3 Å². The molecule has 0 amide bonds. The fourth-order valence-corrected chi connectivity index (χ4v) is 10.0. The Labute approximate surface area is 637 Å². The molecule has 0 aliphatic heterocycles. The van der Waals surface area contributed by atoms with Crippen LogP contribution >= 0.6 is 152 Å². The second-order valence-electron chi connectivity index (χ2n) is 15.6. The van der Waals surface area contributed by atoms with Crippen LogP contribution in [0, 0.1) is 0 Å². The normalized spacial score (nSPS) is 11.0. The Balaban J connectivity index is -0.00000130. The Morgan fingerprint density at radius 3 is 0.483 bits per heavy atom. The molecule has 0 fully saturated rings. The molecule has 468 valence electrons. The average Bonchev–Trinajstić information content (AvgIpc) is 2.68. The van der Waals surface area contributed by atoms with Crippen LogP contribution < -0.4 is 30.6 Å². The van der Waals surface area contributed by atoms with Gasteiger partial charge in [0.2, 0.25) is 0 Å². The molecule has 0 heterocycles. The minimum Gasteiger partial charge on any atom is -0.872 e. The van der Waals surface area contributed by atoms with Crippen LogP contribution in [0.15, 0.2) is 176 Å². The van der Waals surface area contributed by atoms with E-state index in [0.717, 1.165) is 0 Å². The van der Waals surface area contributed by atoms with Crippen molar-refractivity contribution in [2.45, 2.75) is 17.2 Å². The van der Waals surface area contributed by atoms with E-state index in [-0.39, 0.29) is 104 Å². The van der Waals surface area contributed by atoms with Gasteiger partial charge in [0.05, 0.1) is 37.3 Å². The van der Waals surface area contributed by atoms with Crippen LogP contribution in [0.4, 0.5) is 0 Å². The third-order valence-electron chi connectivity index (χ3n) is 9.96. The van der Waals surface area contributed by atoms with Gasteiger partial charge in [-0.1, -0.05) is 319 Å². The van der Waals surface area contributed by atoms with Crippen molar-refractivity contribution >= 4 is 282 Å². The summed E-state index contributed by atoms with van der Waals surface area (Å²) in [5.74, 6) is -1.03. The van der Waals surface area contributed by atoms with E-state index in [0.29, 0.717) is 33.4 Å². The van der Waals surface area contributed by atoms with E-state index in [2.05, 4.69) is 30.6 Å². The van der Waals surface area contributed by atoms with Crippen LogP contribution in [0.25, 0.3) is 0 Å². The number of hydrogen-bond acceptors (Lipinski definition) is 14. The van der Waals surface area contributed by atoms with Crippen molar-refractivity contribution in [3.63, 3.8) is 0 Å². The second-order valence-corrected chi connectivity index (χ2v) is 32.0. The van der Waals surface area contributed by atoms with Crippen molar-refractivity contribution < 1.29 is 30.6 Å². The third-order valence-corrected chi connectivity index (χ3v) is 19.4. The molecule has 0 radical (unpaired) electrons. The number of rotatable bonds is 18. The van der Waals surface area contributed by atoms with E-state index in [1.54, 1.807) is 151 Å². The molecule has 18 nitrogen and oxygen atoms in total. The standard InChI is InChI=1S/2C24H27N6O3PS.4CHCl3.3Mg/c2*1-28(25-16-19-10-4-7-13-22(19)31)34(35,29(2)26-17-20-11-5-8-14-23(20)32)30(3)27-18-21-12-6-9-15-24(21)33;4*2-1(3)4;;;/h2*4-18,31-33H,1-3H3;4*1H;;;/q;;;;;;3*+2/p-6/b2*25-16+,26-17+,27-18+;;;;;;;. The summed E-state index contributed by atoms with van der Waals surface area (Å²) in [6, 6.07) is 39.0. The summed E-state index contributed by atoms with van der Waals surface area (Å²) < 4.78 is 6.06. The first-order chi connectivity index (χ1) is 40.4. The molecule has 0 atom stereocenters. The summed E-state index contributed by atoms with van der Waals surface area (Å²) in [7, 11) is 9.95. The van der Waals surface area contributed by atoms with Gasteiger partial charge in [-0.2, -0.15) is 30.6 Å². The number of halogens is 12. The van der Waals surface area contributed by atoms with Crippen LogP contribution in [0.1, 0.15) is 33.4 Å². The van der Waals surface area contributed by atoms with Crippen molar-refractivity contribution in [1.82, 2.24) is 28.7 Å². The van der Waals surface area contributed by atoms with E-state index in [4.69, 9.17) is 163 Å². The number of nitrogens with zero attached hydrogens (tertiary/aromatic N) is 12. The first-order valence-electron chi connectivity index (χ1n) is 23.5. The molecule has 0 spiro atoms. The van der Waals surface area contributed by atoms with Crippen molar-refractivity contribution in [1.29, 1.82) is 0 Å². The molecule has 6 aromatic carbocycles. The van der Waals surface area contributed by atoms with Crippen LogP contribution in [0.2, 0.25) is 0 Å². The van der Waals surface area contributed by atoms with E-state index >= 15 is 0 Å². The molecule has 0 aliphatic carbocycles. The zero-order valence-corrected chi connectivity index (χ0v) is 64.5. The predicted molar refractivity (Wildman–Crippen MR) is 379 cm³/mol. The molecule has 0 saturated carbocycles. The van der Waals surface area contributed by atoms with Crippen molar-refractivity contribution in [2.75, 3.05) is 42.3 Å². The number of para-hydroxylation sites is 6. The smallest absolute Gasteiger partial charge is 0.872 e. The zero-order chi connectivity index (χ0) is 65.2. The number of alkyl halides is 12. The van der Waals surface area contributed by atoms with Gasteiger partial charge in [0.15, 0.2) is 17.2 Å². The predicted octanol–water partition coefficient (Wildman–Crippen LogP) is 11.5. The molecule has 89 heavy (non-hydrogen) atoms. The first kappa shape index (κ1) is 91.2. The largest absolute Gasteiger partial charge is 2.00 e. The Morgan fingerprint density at radius 2 is 0.382 bits per heavy atom. The van der Waals surface area contributed by atoms with Crippen molar-refractivity contribution in [3.8, 4) is 34.5 Å². The summed E-state index contributed by atoms with van der Waals surface area (Å²) in [5, 5.41) is 98.9. The van der Waals surface area contributed by atoms with Crippen LogP contribution in [0.5, 0.6) is 34.5 Å². The molecular formula is C52H52Cl12Mg3N12O6P2S2. The molecular weight excluding hydrogens is 1510 g/mol. The maximum absolute atomic E-state index is 12.1. The molecule has 0 aliphatic rings. The van der Waals surface area contributed by atoms with E-state index < -0.39 is 30.2 Å². The fourth-order valence-electron chi connectivity index (χ4n) is 5.93. The maximum atomic E-state index is 12.1. The van der Waals surface area contributed by atoms with E-state index in [1.165, 1.54) is 102 Å². The quantitative estimate of drug-likeness (QED) is 0.0256. The first-order valence-corrected chi connectivity index (χ1v) is 34.1. The Morgan fingerprint density at radius 1 is 0.281 bits per heavy atom. The number of benzene rings is 6. The summed E-state index contributed by atoms with van der Waals surface area (Å²) in [6.07, 6.45) is 8.57. The minimum atomic E-state index is -3.02. The average molecular weight is 1570 g/mol. The van der Waals surface area contributed by atoms with Gasteiger partial charge in [0.1, 0.15) is 0 Å². The zero-order valence-electron chi connectivity index (χ0n) is 47.8. The van der Waals surface area contributed by atoms with Crippen molar-refractivity contribution in [3.05, 3.63) is 179 Å². The molecule has 0 saturated heterocycles. The molecule has 37 heteroatoms. The van der Waals surface area contributed by atoms with E-state index in [9.17, 15) is 30.6 Å². The monoisotopic (exact) mass is 1560 g/mol. The van der Waals surface area contributed by atoms with Gasteiger partial charge in [-0.3, -0.25) is 0 Å². The second kappa shape index (κ2) is 49.5. The van der Waals surface area contributed by atoms with Crippen LogP contribution in [0.3, 0.4) is 0 Å². The van der Waals surface area contributed by atoms with Crippen LogP contribution in [-0.4, -0.2) is 195 Å². The van der Waals surface area contributed by atoms with Gasteiger partial charge in [0.25, 0.3) is 13.0 Å². The Hall–Kier alpha value is -1.98. The molecule has 0 bridgehead atoms. The summed E-state index contributed by atoms with van der Waals surface area (Å²) >= 11 is 69.7. The van der Waals surface area contributed by atoms with E-state index in [1.807, 2.05) is 0 Å². The summed E-state index contributed by atoms with van der Waals surface area (Å²) in [4.78, 5) is 0. The minimum absolute atomic E-state index is 0. The van der Waals surface area contributed by atoms with Gasteiger partial charge in [-0.15, -0.1) is 0 Å². The summed E-state index contributed by atoms with van der Waals surface area (Å²) in [5.41, 5.74) is 2.41. The SMILES string of the molecule is CN(/N=C/c1ccccc1[O-])P(=S)(N(C)/N=C/c1ccccc1[O-])N(C)/N=C/c1ccccc1[O-].CN(/N=C/c1ccccc1[O-])P(=S)(N(C)/N=C/c1ccccc1[O-])N(C)/N=C/c1ccccc1[O-].ClC(Cl)Cl.ClC(Cl)Cl.ClC(Cl)Cl.ClC(Cl)Cl.[Mg+2].[Mg+2].[Mg+2]. The molecule has 0 unspecified atom stereocenters. The molecule has 6 rings (SSSR count). The van der Waals surface area contributed by atoms with Gasteiger partial charge >= 0.3 is 69.2 Å².